The molecule has 0 saturated heterocycles. The van der Waals surface area contributed by atoms with Crippen LogP contribution in [0.4, 0.5) is 0 Å². The third-order valence-corrected chi connectivity index (χ3v) is 3.61. The summed E-state index contributed by atoms with van der Waals surface area (Å²) in [7, 11) is -3.83. The van der Waals surface area contributed by atoms with E-state index < -0.39 is 22.0 Å². The van der Waals surface area contributed by atoms with Crippen molar-refractivity contribution in [1.29, 1.82) is 0 Å². The molecule has 1 rings (SSSR count). The molecule has 0 spiro atoms. The highest BCUT2D eigenvalue weighted by Crippen LogP contribution is 2.11. The van der Waals surface area contributed by atoms with Crippen LogP contribution in [0.15, 0.2) is 17.3 Å². The third kappa shape index (κ3) is 3.27. The summed E-state index contributed by atoms with van der Waals surface area (Å²) in [6.07, 6.45) is 2.55. The summed E-state index contributed by atoms with van der Waals surface area (Å²) < 4.78 is 27.0. The Bertz CT molecular complexity index is 506. The Kier molecular flexibility index (Phi) is 3.89. The molecule has 0 radical (unpaired) electrons. The molecule has 96 valence electrons. The lowest BCUT2D eigenvalue weighted by molar-refractivity contribution is -0.138. The molecule has 0 fully saturated rings. The minimum Gasteiger partial charge on any atom is -0.480 e. The largest absolute Gasteiger partial charge is 0.480 e. The molecule has 0 saturated carbocycles. The lowest BCUT2D eigenvalue weighted by Gasteiger charge is -2.08. The van der Waals surface area contributed by atoms with Crippen LogP contribution in [0.5, 0.6) is 0 Å². The maximum Gasteiger partial charge on any atom is 0.321 e. The fourth-order valence-corrected chi connectivity index (χ4v) is 2.23. The Hall–Kier alpha value is -1.41. The van der Waals surface area contributed by atoms with Crippen LogP contribution in [0.2, 0.25) is 0 Å². The first-order chi connectivity index (χ1) is 7.74. The Morgan fingerprint density at radius 3 is 2.47 bits per heavy atom. The molecular weight excluding hydrogens is 246 g/mol. The van der Waals surface area contributed by atoms with Gasteiger partial charge in [-0.15, -0.1) is 0 Å². The molecule has 0 aromatic carbocycles. The van der Waals surface area contributed by atoms with Crippen molar-refractivity contribution in [3.63, 3.8) is 0 Å². The second-order valence-corrected chi connectivity index (χ2v) is 5.64. The fourth-order valence-electron chi connectivity index (χ4n) is 1.09. The van der Waals surface area contributed by atoms with E-state index in [0.29, 0.717) is 0 Å². The molecule has 1 aromatic heterocycles. The van der Waals surface area contributed by atoms with Crippen molar-refractivity contribution in [3.8, 4) is 0 Å². The molecular formula is C9H15N3O4S. The molecule has 7 nitrogen and oxygen atoms in total. The number of carbonyl (C=O) groups is 1. The number of aromatic nitrogens is 2. The molecule has 17 heavy (non-hydrogen) atoms. The maximum atomic E-state index is 11.8. The van der Waals surface area contributed by atoms with Gasteiger partial charge in [-0.2, -0.15) is 9.82 Å². The molecule has 0 bridgehead atoms. The topological polar surface area (TPSA) is 101 Å². The van der Waals surface area contributed by atoms with E-state index in [2.05, 4.69) is 5.10 Å². The van der Waals surface area contributed by atoms with Crippen molar-refractivity contribution < 1.29 is 18.3 Å². The summed E-state index contributed by atoms with van der Waals surface area (Å²) in [6, 6.07) is -1.14. The summed E-state index contributed by atoms with van der Waals surface area (Å²) in [5, 5.41) is 12.5. The van der Waals surface area contributed by atoms with E-state index in [9.17, 15) is 13.2 Å². The predicted molar refractivity (Wildman–Crippen MR) is 60.0 cm³/mol. The first-order valence-electron chi connectivity index (χ1n) is 5.03. The van der Waals surface area contributed by atoms with Crippen LogP contribution in [0.3, 0.4) is 0 Å². The van der Waals surface area contributed by atoms with Crippen molar-refractivity contribution in [1.82, 2.24) is 14.5 Å². The molecule has 1 aromatic rings. The van der Waals surface area contributed by atoms with E-state index in [4.69, 9.17) is 5.11 Å². The first kappa shape index (κ1) is 13.7. The van der Waals surface area contributed by atoms with Gasteiger partial charge in [0.15, 0.2) is 0 Å². The quantitative estimate of drug-likeness (QED) is 0.789. The predicted octanol–water partition coefficient (Wildman–Crippen LogP) is 0.215. The zero-order valence-corrected chi connectivity index (χ0v) is 10.6. The van der Waals surface area contributed by atoms with Gasteiger partial charge in [0.05, 0.1) is 6.20 Å². The number of nitrogens with zero attached hydrogens (tertiary/aromatic N) is 2. The number of aliphatic carboxylic acids is 1. The van der Waals surface area contributed by atoms with Crippen molar-refractivity contribution in [3.05, 3.63) is 12.4 Å². The second kappa shape index (κ2) is 4.84. The average Bonchev–Trinajstić information content (AvgIpc) is 2.65. The summed E-state index contributed by atoms with van der Waals surface area (Å²) in [5.74, 6) is -1.23. The highest BCUT2D eigenvalue weighted by Gasteiger charge is 2.23. The van der Waals surface area contributed by atoms with E-state index in [1.807, 2.05) is 18.6 Å². The van der Waals surface area contributed by atoms with Crippen LogP contribution in [0, 0.1) is 0 Å². The lowest BCUT2D eigenvalue weighted by atomic mass is 10.4. The van der Waals surface area contributed by atoms with Crippen LogP contribution >= 0.6 is 0 Å². The van der Waals surface area contributed by atoms with E-state index in [-0.39, 0.29) is 10.9 Å². The van der Waals surface area contributed by atoms with Gasteiger partial charge in [0.1, 0.15) is 10.9 Å². The summed E-state index contributed by atoms with van der Waals surface area (Å²) in [6.45, 7) is 4.97. The zero-order chi connectivity index (χ0) is 13.2. The summed E-state index contributed by atoms with van der Waals surface area (Å²) in [5.41, 5.74) is 0. The molecule has 0 aliphatic rings. The number of carboxylic acids is 1. The minimum atomic E-state index is -3.83. The van der Waals surface area contributed by atoms with Gasteiger partial charge < -0.3 is 5.11 Å². The van der Waals surface area contributed by atoms with Gasteiger partial charge in [0, 0.05) is 12.2 Å². The summed E-state index contributed by atoms with van der Waals surface area (Å²) in [4.78, 5) is 10.5. The number of carboxylic acid groups (broad SMARTS) is 1. The van der Waals surface area contributed by atoms with E-state index >= 15 is 0 Å². The summed E-state index contributed by atoms with van der Waals surface area (Å²) >= 11 is 0. The van der Waals surface area contributed by atoms with Crippen molar-refractivity contribution in [2.24, 2.45) is 0 Å². The van der Waals surface area contributed by atoms with Gasteiger partial charge in [0.2, 0.25) is 10.0 Å². The van der Waals surface area contributed by atoms with Crippen LogP contribution in [0.1, 0.15) is 26.8 Å². The molecule has 0 amide bonds. The number of hydrogen-bond acceptors (Lipinski definition) is 4. The fraction of sp³-hybridized carbons (Fsp3) is 0.556. The van der Waals surface area contributed by atoms with Crippen LogP contribution in [-0.2, 0) is 14.8 Å². The normalized spacial score (nSPS) is 13.9. The molecule has 2 N–H and O–H groups in total. The second-order valence-electron chi connectivity index (χ2n) is 3.93. The van der Waals surface area contributed by atoms with E-state index in [1.54, 1.807) is 0 Å². The highest BCUT2D eigenvalue weighted by atomic mass is 32.2. The molecule has 0 aliphatic carbocycles. The Morgan fingerprint density at radius 1 is 1.47 bits per heavy atom. The lowest BCUT2D eigenvalue weighted by Crippen LogP contribution is -2.38. The molecule has 0 aliphatic heterocycles. The Balaban J connectivity index is 2.93. The van der Waals surface area contributed by atoms with Crippen molar-refractivity contribution in [2.45, 2.75) is 37.8 Å². The smallest absolute Gasteiger partial charge is 0.321 e. The first-order valence-corrected chi connectivity index (χ1v) is 6.51. The molecule has 0 unspecified atom stereocenters. The average molecular weight is 261 g/mol. The molecule has 8 heteroatoms. The number of rotatable bonds is 5. The van der Waals surface area contributed by atoms with Gasteiger partial charge in [-0.3, -0.25) is 9.48 Å². The van der Waals surface area contributed by atoms with Crippen LogP contribution < -0.4 is 4.72 Å². The highest BCUT2D eigenvalue weighted by molar-refractivity contribution is 7.89. The van der Waals surface area contributed by atoms with E-state index in [0.717, 1.165) is 0 Å². The molecule has 1 heterocycles. The zero-order valence-electron chi connectivity index (χ0n) is 9.78. The van der Waals surface area contributed by atoms with Crippen molar-refractivity contribution >= 4 is 16.0 Å². The minimum absolute atomic E-state index is 0.0378. The van der Waals surface area contributed by atoms with Crippen molar-refractivity contribution in [2.75, 3.05) is 0 Å². The van der Waals surface area contributed by atoms with Gasteiger partial charge in [-0.25, -0.2) is 8.42 Å². The monoisotopic (exact) mass is 261 g/mol. The third-order valence-electron chi connectivity index (χ3n) is 2.12. The van der Waals surface area contributed by atoms with Crippen LogP contribution in [-0.4, -0.2) is 35.3 Å². The van der Waals surface area contributed by atoms with Gasteiger partial charge in [-0.1, -0.05) is 0 Å². The molecule has 1 atom stereocenters. The van der Waals surface area contributed by atoms with Gasteiger partial charge in [-0.05, 0) is 20.8 Å². The maximum absolute atomic E-state index is 11.8. The number of hydrogen-bond donors (Lipinski definition) is 2. The van der Waals surface area contributed by atoms with E-state index in [1.165, 1.54) is 24.0 Å². The Morgan fingerprint density at radius 2 is 2.06 bits per heavy atom. The SMILES string of the molecule is CC(C)n1cc(S(=O)(=O)N[C@H](C)C(=O)O)cn1. The number of nitrogens with one attached hydrogen (secondary N) is 1. The Labute approximate surface area is 99.5 Å². The van der Waals surface area contributed by atoms with Crippen LogP contribution in [0.25, 0.3) is 0 Å². The van der Waals surface area contributed by atoms with Gasteiger partial charge >= 0.3 is 5.97 Å². The van der Waals surface area contributed by atoms with Gasteiger partial charge in [0.25, 0.3) is 0 Å². The standard InChI is InChI=1S/C9H15N3O4S/c1-6(2)12-5-8(4-10-12)17(15,16)11-7(3)9(13)14/h4-7,11H,1-3H3,(H,13,14)/t7-/m1/s1. The number of sulfonamides is 1.